The van der Waals surface area contributed by atoms with E-state index in [1.807, 2.05) is 6.07 Å². The molecule has 0 aliphatic carbocycles. The van der Waals surface area contributed by atoms with Gasteiger partial charge in [-0.2, -0.15) is 18.3 Å². The fourth-order valence-electron chi connectivity index (χ4n) is 2.44. The van der Waals surface area contributed by atoms with Gasteiger partial charge in [-0.05, 0) is 54.2 Å². The predicted molar refractivity (Wildman–Crippen MR) is 103 cm³/mol. The number of pyridine rings is 1. The summed E-state index contributed by atoms with van der Waals surface area (Å²) in [6.07, 6.45) is -0.214. The normalized spacial score (nSPS) is 11.7. The summed E-state index contributed by atoms with van der Waals surface area (Å²) >= 11 is 4.97. The number of aromatic nitrogens is 1. The standard InChI is InChI=1S/C19H14F4N4OS/c20-16-5-3-13(8-15(16)19(21,22)23)17-6-4-14(28-17)10-26-27(18(24)29)11-12-2-1-7-25-9-12/h1-10H,11H2,(H2,24,29)/b26-10+. The maximum Gasteiger partial charge on any atom is 0.419 e. The smallest absolute Gasteiger partial charge is 0.419 e. The molecule has 0 aliphatic heterocycles. The van der Waals surface area contributed by atoms with Gasteiger partial charge < -0.3 is 10.2 Å². The largest absolute Gasteiger partial charge is 0.455 e. The number of hydrazone groups is 1. The van der Waals surface area contributed by atoms with Gasteiger partial charge in [0.2, 0.25) is 0 Å². The number of benzene rings is 1. The Morgan fingerprint density at radius 2 is 2.03 bits per heavy atom. The van der Waals surface area contributed by atoms with Crippen molar-refractivity contribution in [2.24, 2.45) is 10.8 Å². The first-order valence-corrected chi connectivity index (χ1v) is 8.61. The van der Waals surface area contributed by atoms with Crippen LogP contribution in [0.5, 0.6) is 0 Å². The molecule has 2 aromatic heterocycles. The lowest BCUT2D eigenvalue weighted by Crippen LogP contribution is -2.30. The number of rotatable bonds is 5. The zero-order valence-corrected chi connectivity index (χ0v) is 15.5. The van der Waals surface area contributed by atoms with E-state index in [1.165, 1.54) is 29.4 Å². The molecule has 0 radical (unpaired) electrons. The first kappa shape index (κ1) is 20.5. The Bertz CT molecular complexity index is 1030. The van der Waals surface area contributed by atoms with E-state index >= 15 is 0 Å². The molecule has 2 heterocycles. The Morgan fingerprint density at radius 3 is 2.69 bits per heavy atom. The summed E-state index contributed by atoms with van der Waals surface area (Å²) in [6.45, 7) is 0.278. The second-order valence-electron chi connectivity index (χ2n) is 5.90. The summed E-state index contributed by atoms with van der Waals surface area (Å²) in [5, 5.41) is 5.51. The first-order chi connectivity index (χ1) is 13.7. The zero-order chi connectivity index (χ0) is 21.0. The minimum Gasteiger partial charge on any atom is -0.455 e. The molecule has 0 spiro atoms. The highest BCUT2D eigenvalue weighted by molar-refractivity contribution is 7.80. The Morgan fingerprint density at radius 1 is 1.24 bits per heavy atom. The lowest BCUT2D eigenvalue weighted by molar-refractivity contribution is -0.139. The maximum atomic E-state index is 13.4. The monoisotopic (exact) mass is 422 g/mol. The maximum absolute atomic E-state index is 13.4. The molecule has 0 bridgehead atoms. The van der Waals surface area contributed by atoms with Crippen LogP contribution in [0.15, 0.2) is 64.4 Å². The summed E-state index contributed by atoms with van der Waals surface area (Å²) in [5.41, 5.74) is 5.21. The van der Waals surface area contributed by atoms with E-state index in [4.69, 9.17) is 22.4 Å². The molecule has 0 saturated carbocycles. The van der Waals surface area contributed by atoms with E-state index in [1.54, 1.807) is 18.5 Å². The molecule has 0 amide bonds. The third kappa shape index (κ3) is 5.17. The van der Waals surface area contributed by atoms with Crippen molar-refractivity contribution in [1.29, 1.82) is 0 Å². The lowest BCUT2D eigenvalue weighted by Gasteiger charge is -2.16. The van der Waals surface area contributed by atoms with Gasteiger partial charge in [0.25, 0.3) is 0 Å². The van der Waals surface area contributed by atoms with Crippen molar-refractivity contribution in [1.82, 2.24) is 9.99 Å². The van der Waals surface area contributed by atoms with Crippen molar-refractivity contribution in [2.75, 3.05) is 0 Å². The SMILES string of the molecule is NC(=S)N(Cc1cccnc1)/N=C/c1ccc(-c2ccc(F)c(C(F)(F)F)c2)o1. The molecule has 10 heteroatoms. The second-order valence-corrected chi connectivity index (χ2v) is 6.31. The highest BCUT2D eigenvalue weighted by atomic mass is 32.1. The fraction of sp³-hybridized carbons (Fsp3) is 0.105. The number of furan rings is 1. The fourth-order valence-corrected chi connectivity index (χ4v) is 2.55. The number of hydrogen-bond donors (Lipinski definition) is 1. The van der Waals surface area contributed by atoms with Gasteiger partial charge >= 0.3 is 6.18 Å². The van der Waals surface area contributed by atoms with Crippen molar-refractivity contribution >= 4 is 23.5 Å². The minimum absolute atomic E-state index is 0.0187. The van der Waals surface area contributed by atoms with E-state index < -0.39 is 17.6 Å². The van der Waals surface area contributed by atoms with Crippen LogP contribution in [0.2, 0.25) is 0 Å². The van der Waals surface area contributed by atoms with E-state index in [9.17, 15) is 17.6 Å². The van der Waals surface area contributed by atoms with E-state index in [-0.39, 0.29) is 28.7 Å². The zero-order valence-electron chi connectivity index (χ0n) is 14.7. The van der Waals surface area contributed by atoms with Gasteiger partial charge in [-0.15, -0.1) is 0 Å². The van der Waals surface area contributed by atoms with Gasteiger partial charge in [-0.3, -0.25) is 4.98 Å². The Hall–Kier alpha value is -3.27. The highest BCUT2D eigenvalue weighted by Gasteiger charge is 2.34. The van der Waals surface area contributed by atoms with Gasteiger partial charge in [0.1, 0.15) is 17.3 Å². The van der Waals surface area contributed by atoms with Gasteiger partial charge in [0, 0.05) is 18.0 Å². The van der Waals surface area contributed by atoms with Crippen LogP contribution in [0.3, 0.4) is 0 Å². The molecule has 0 fully saturated rings. The number of nitrogens with two attached hydrogens (primary N) is 1. The number of alkyl halides is 3. The molecule has 0 unspecified atom stereocenters. The third-order valence-electron chi connectivity index (χ3n) is 3.82. The number of thiocarbonyl (C=S) groups is 1. The molecule has 0 saturated heterocycles. The van der Waals surface area contributed by atoms with Crippen LogP contribution in [-0.2, 0) is 12.7 Å². The molecule has 1 aromatic carbocycles. The number of nitrogens with zero attached hydrogens (tertiary/aromatic N) is 3. The van der Waals surface area contributed by atoms with Crippen molar-refractivity contribution in [3.05, 3.63) is 77.6 Å². The van der Waals surface area contributed by atoms with Crippen LogP contribution >= 0.6 is 12.2 Å². The summed E-state index contributed by atoms with van der Waals surface area (Å²) in [6, 6.07) is 9.20. The van der Waals surface area contributed by atoms with Gasteiger partial charge in [-0.1, -0.05) is 6.07 Å². The van der Waals surface area contributed by atoms with E-state index in [0.717, 1.165) is 11.6 Å². The highest BCUT2D eigenvalue weighted by Crippen LogP contribution is 2.34. The lowest BCUT2D eigenvalue weighted by atomic mass is 10.1. The quantitative estimate of drug-likeness (QED) is 0.282. The molecule has 0 aliphatic rings. The first-order valence-electron chi connectivity index (χ1n) is 8.21. The molecular weight excluding hydrogens is 408 g/mol. The molecular formula is C19H14F4N4OS. The molecule has 3 aromatic rings. The van der Waals surface area contributed by atoms with Crippen LogP contribution in [-0.4, -0.2) is 21.3 Å². The second kappa shape index (κ2) is 8.39. The van der Waals surface area contributed by atoms with Crippen LogP contribution in [0.25, 0.3) is 11.3 Å². The van der Waals surface area contributed by atoms with Crippen molar-refractivity contribution < 1.29 is 22.0 Å². The van der Waals surface area contributed by atoms with Crippen molar-refractivity contribution in [3.8, 4) is 11.3 Å². The molecule has 5 nitrogen and oxygen atoms in total. The average Bonchev–Trinajstić information content (AvgIpc) is 3.14. The Balaban J connectivity index is 1.80. The van der Waals surface area contributed by atoms with Crippen molar-refractivity contribution in [2.45, 2.75) is 12.7 Å². The van der Waals surface area contributed by atoms with Crippen LogP contribution in [0.4, 0.5) is 17.6 Å². The molecule has 0 atom stereocenters. The van der Waals surface area contributed by atoms with Gasteiger partial charge in [-0.25, -0.2) is 9.40 Å². The van der Waals surface area contributed by atoms with Crippen LogP contribution in [0, 0.1) is 5.82 Å². The van der Waals surface area contributed by atoms with Gasteiger partial charge in [0.05, 0.1) is 18.3 Å². The number of halogens is 4. The van der Waals surface area contributed by atoms with Crippen molar-refractivity contribution in [3.63, 3.8) is 0 Å². The average molecular weight is 422 g/mol. The van der Waals surface area contributed by atoms with Crippen LogP contribution < -0.4 is 5.73 Å². The number of hydrogen-bond acceptors (Lipinski definition) is 4. The Labute approximate surface area is 168 Å². The molecule has 3 rings (SSSR count). The van der Waals surface area contributed by atoms with Crippen LogP contribution in [0.1, 0.15) is 16.9 Å². The summed E-state index contributed by atoms with van der Waals surface area (Å²) in [4.78, 5) is 3.99. The summed E-state index contributed by atoms with van der Waals surface area (Å²) in [5.74, 6) is -0.964. The summed E-state index contributed by atoms with van der Waals surface area (Å²) in [7, 11) is 0. The molecule has 150 valence electrons. The van der Waals surface area contributed by atoms with E-state index in [2.05, 4.69) is 10.1 Å². The van der Waals surface area contributed by atoms with Gasteiger partial charge in [0.15, 0.2) is 5.11 Å². The topological polar surface area (TPSA) is 67.7 Å². The molecule has 2 N–H and O–H groups in total. The Kier molecular flexibility index (Phi) is 5.92. The predicted octanol–water partition coefficient (Wildman–Crippen LogP) is 4.58. The summed E-state index contributed by atoms with van der Waals surface area (Å²) < 4.78 is 57.6. The molecule has 29 heavy (non-hydrogen) atoms. The third-order valence-corrected chi connectivity index (χ3v) is 4.03. The minimum atomic E-state index is -4.80. The van der Waals surface area contributed by atoms with E-state index in [0.29, 0.717) is 6.07 Å².